The molecule has 0 bridgehead atoms. The van der Waals surface area contributed by atoms with E-state index < -0.39 is 0 Å². The number of rotatable bonds is 6. The maximum atomic E-state index is 11.6. The predicted octanol–water partition coefficient (Wildman–Crippen LogP) is 3.47. The Balaban J connectivity index is 3.02. The molecule has 1 rings (SSSR count). The quantitative estimate of drug-likeness (QED) is 0.709. The molecule has 0 fully saturated rings. The molecule has 0 amide bonds. The maximum absolute atomic E-state index is 11.6. The fourth-order valence-corrected chi connectivity index (χ4v) is 1.81. The minimum Gasteiger partial charge on any atom is -0.496 e. The molecule has 3 heteroatoms. The summed E-state index contributed by atoms with van der Waals surface area (Å²) in [7, 11) is 1.56. The van der Waals surface area contributed by atoms with Crippen molar-refractivity contribution in [1.29, 1.82) is 0 Å². The topological polar surface area (TPSA) is 35.5 Å². The molecular formula is C14H20O3. The zero-order valence-corrected chi connectivity index (χ0v) is 10.9. The van der Waals surface area contributed by atoms with E-state index in [1.807, 2.05) is 19.1 Å². The van der Waals surface area contributed by atoms with Gasteiger partial charge in [-0.05, 0) is 32.4 Å². The summed E-state index contributed by atoms with van der Waals surface area (Å²) in [5.41, 5.74) is 0.526. The second kappa shape index (κ2) is 6.28. The Morgan fingerprint density at radius 1 is 1.35 bits per heavy atom. The molecule has 0 spiro atoms. The van der Waals surface area contributed by atoms with Crippen LogP contribution in [-0.4, -0.2) is 19.0 Å². The Morgan fingerprint density at radius 3 is 2.53 bits per heavy atom. The number of hydrogen-bond acceptors (Lipinski definition) is 3. The third-order valence-electron chi connectivity index (χ3n) is 2.58. The van der Waals surface area contributed by atoms with Gasteiger partial charge in [0.25, 0.3) is 0 Å². The first-order valence-electron chi connectivity index (χ1n) is 5.94. The molecule has 94 valence electrons. The largest absolute Gasteiger partial charge is 0.496 e. The molecule has 17 heavy (non-hydrogen) atoms. The second-order valence-corrected chi connectivity index (χ2v) is 4.11. The Labute approximate surface area is 103 Å². The number of ether oxygens (including phenoxy) is 2. The molecule has 1 aromatic carbocycles. The first kappa shape index (κ1) is 13.6. The second-order valence-electron chi connectivity index (χ2n) is 4.11. The number of ketones is 1. The van der Waals surface area contributed by atoms with Crippen molar-refractivity contribution in [1.82, 2.24) is 0 Å². The predicted molar refractivity (Wildman–Crippen MR) is 68.0 cm³/mol. The molecule has 0 N–H and O–H groups in total. The average Bonchev–Trinajstić information content (AvgIpc) is 2.28. The summed E-state index contributed by atoms with van der Waals surface area (Å²) in [6.07, 6.45) is 2.12. The van der Waals surface area contributed by atoms with Crippen LogP contribution in [0.25, 0.3) is 0 Å². The Hall–Kier alpha value is -1.51. The fraction of sp³-hybridized carbons (Fsp3) is 0.500. The molecule has 0 radical (unpaired) electrons. The molecule has 3 nitrogen and oxygen atoms in total. The van der Waals surface area contributed by atoms with Crippen molar-refractivity contribution in [2.24, 2.45) is 0 Å². The minimum atomic E-state index is -0.0406. The molecule has 0 aromatic heterocycles. The normalized spacial score (nSPS) is 12.0. The van der Waals surface area contributed by atoms with Gasteiger partial charge in [0, 0.05) is 0 Å². The van der Waals surface area contributed by atoms with Crippen molar-refractivity contribution < 1.29 is 14.3 Å². The highest BCUT2D eigenvalue weighted by Gasteiger charge is 2.16. The summed E-state index contributed by atoms with van der Waals surface area (Å²) in [4.78, 5) is 11.6. The summed E-state index contributed by atoms with van der Waals surface area (Å²) in [6.45, 7) is 5.64. The lowest BCUT2D eigenvalue weighted by atomic mass is 10.1. The van der Waals surface area contributed by atoms with Gasteiger partial charge in [-0.15, -0.1) is 0 Å². The molecule has 1 atom stereocenters. The van der Waals surface area contributed by atoms with E-state index in [1.54, 1.807) is 13.2 Å². The van der Waals surface area contributed by atoms with E-state index in [9.17, 15) is 4.79 Å². The number of carbonyl (C=O) groups is 1. The van der Waals surface area contributed by atoms with Gasteiger partial charge in [-0.1, -0.05) is 19.4 Å². The highest BCUT2D eigenvalue weighted by molar-refractivity contribution is 5.99. The van der Waals surface area contributed by atoms with Crippen molar-refractivity contribution in [3.05, 3.63) is 23.8 Å². The third kappa shape index (κ3) is 3.48. The van der Waals surface area contributed by atoms with E-state index in [0.717, 1.165) is 12.8 Å². The van der Waals surface area contributed by atoms with Gasteiger partial charge in [0.05, 0.1) is 13.2 Å². The lowest BCUT2D eigenvalue weighted by molar-refractivity contribution is 0.100. The summed E-state index contributed by atoms with van der Waals surface area (Å²) in [5, 5.41) is 0. The van der Waals surface area contributed by atoms with E-state index in [1.165, 1.54) is 6.92 Å². The first-order chi connectivity index (χ1) is 8.10. The number of methoxy groups -OCH3 is 1. The third-order valence-corrected chi connectivity index (χ3v) is 2.58. The van der Waals surface area contributed by atoms with Crippen LogP contribution in [0.2, 0.25) is 0 Å². The fourth-order valence-electron chi connectivity index (χ4n) is 1.81. The van der Waals surface area contributed by atoms with Crippen LogP contribution in [0.4, 0.5) is 0 Å². The monoisotopic (exact) mass is 236 g/mol. The molecule has 1 aromatic rings. The Bertz CT molecular complexity index is 385. The molecule has 0 aliphatic rings. The number of carbonyl (C=O) groups excluding carboxylic acids is 1. The molecule has 1 unspecified atom stereocenters. The molecule has 0 saturated carbocycles. The first-order valence-corrected chi connectivity index (χ1v) is 5.94. The lowest BCUT2D eigenvalue weighted by Gasteiger charge is -2.17. The zero-order chi connectivity index (χ0) is 12.8. The van der Waals surface area contributed by atoms with E-state index in [0.29, 0.717) is 17.1 Å². The van der Waals surface area contributed by atoms with E-state index >= 15 is 0 Å². The van der Waals surface area contributed by atoms with Gasteiger partial charge in [-0.3, -0.25) is 4.79 Å². The molecular weight excluding hydrogens is 216 g/mol. The van der Waals surface area contributed by atoms with Crippen LogP contribution in [0.5, 0.6) is 11.5 Å². The van der Waals surface area contributed by atoms with Gasteiger partial charge in [0.2, 0.25) is 0 Å². The number of hydrogen-bond donors (Lipinski definition) is 0. The summed E-state index contributed by atoms with van der Waals surface area (Å²) in [5.74, 6) is 1.14. The van der Waals surface area contributed by atoms with Gasteiger partial charge in [0.1, 0.15) is 17.1 Å². The lowest BCUT2D eigenvalue weighted by Crippen LogP contribution is -2.13. The number of Topliss-reactive ketones (excluding diaryl/α,β-unsaturated/α-hetero) is 1. The van der Waals surface area contributed by atoms with Gasteiger partial charge >= 0.3 is 0 Å². The molecule has 0 saturated heterocycles. The molecule has 0 heterocycles. The van der Waals surface area contributed by atoms with Crippen molar-refractivity contribution in [3.8, 4) is 11.5 Å². The van der Waals surface area contributed by atoms with E-state index in [2.05, 4.69) is 6.92 Å². The standard InChI is InChI=1S/C14H20O3/c1-5-7-10(2)17-13-9-6-8-12(16-4)14(13)11(3)15/h6,8-10H,5,7H2,1-4H3. The Kier molecular flexibility index (Phi) is 5.01. The average molecular weight is 236 g/mol. The van der Waals surface area contributed by atoms with Crippen LogP contribution in [0.1, 0.15) is 44.0 Å². The SMILES string of the molecule is CCCC(C)Oc1cccc(OC)c1C(C)=O. The van der Waals surface area contributed by atoms with Crippen molar-refractivity contribution in [3.63, 3.8) is 0 Å². The van der Waals surface area contributed by atoms with Gasteiger partial charge in [-0.25, -0.2) is 0 Å². The van der Waals surface area contributed by atoms with Gasteiger partial charge < -0.3 is 9.47 Å². The molecule has 0 aliphatic carbocycles. The summed E-state index contributed by atoms with van der Waals surface area (Å²) in [6, 6.07) is 5.42. The van der Waals surface area contributed by atoms with Crippen LogP contribution < -0.4 is 9.47 Å². The maximum Gasteiger partial charge on any atom is 0.167 e. The summed E-state index contributed by atoms with van der Waals surface area (Å²) >= 11 is 0. The highest BCUT2D eigenvalue weighted by Crippen LogP contribution is 2.29. The van der Waals surface area contributed by atoms with Crippen molar-refractivity contribution in [2.45, 2.75) is 39.7 Å². The van der Waals surface area contributed by atoms with Gasteiger partial charge in [-0.2, -0.15) is 0 Å². The highest BCUT2D eigenvalue weighted by atomic mass is 16.5. The van der Waals surface area contributed by atoms with Crippen molar-refractivity contribution >= 4 is 5.78 Å². The van der Waals surface area contributed by atoms with Gasteiger partial charge in [0.15, 0.2) is 5.78 Å². The van der Waals surface area contributed by atoms with E-state index in [4.69, 9.17) is 9.47 Å². The zero-order valence-electron chi connectivity index (χ0n) is 10.9. The molecule has 0 aliphatic heterocycles. The van der Waals surface area contributed by atoms with E-state index in [-0.39, 0.29) is 11.9 Å². The number of benzene rings is 1. The van der Waals surface area contributed by atoms with Crippen LogP contribution >= 0.6 is 0 Å². The smallest absolute Gasteiger partial charge is 0.167 e. The van der Waals surface area contributed by atoms with Crippen LogP contribution in [0.3, 0.4) is 0 Å². The van der Waals surface area contributed by atoms with Crippen LogP contribution in [0, 0.1) is 0 Å². The van der Waals surface area contributed by atoms with Crippen LogP contribution in [0.15, 0.2) is 18.2 Å². The Morgan fingerprint density at radius 2 is 2.00 bits per heavy atom. The minimum absolute atomic E-state index is 0.0406. The summed E-state index contributed by atoms with van der Waals surface area (Å²) < 4.78 is 11.0. The van der Waals surface area contributed by atoms with Crippen LogP contribution in [-0.2, 0) is 0 Å². The van der Waals surface area contributed by atoms with Crippen molar-refractivity contribution in [2.75, 3.05) is 7.11 Å².